The van der Waals surface area contributed by atoms with Gasteiger partial charge >= 0.3 is 6.18 Å². The fraction of sp³-hybridized carbons (Fsp3) is 0.158. The molecule has 0 bridgehead atoms. The summed E-state index contributed by atoms with van der Waals surface area (Å²) in [5.41, 5.74) is 1.15. The minimum absolute atomic E-state index is 0.146. The maximum absolute atomic E-state index is 12.8. The number of carbonyl (C=O) groups is 1. The third kappa shape index (κ3) is 5.09. The lowest BCUT2D eigenvalue weighted by Crippen LogP contribution is -2.14. The summed E-state index contributed by atoms with van der Waals surface area (Å²) in [4.78, 5) is 12.2. The number of anilines is 1. The molecule has 1 heterocycles. The number of alkyl halides is 3. The lowest BCUT2D eigenvalue weighted by molar-refractivity contribution is -0.137. The molecule has 0 radical (unpaired) electrons. The van der Waals surface area contributed by atoms with Gasteiger partial charge in [-0.1, -0.05) is 18.2 Å². The van der Waals surface area contributed by atoms with Crippen molar-refractivity contribution in [3.8, 4) is 5.69 Å². The Labute approximate surface area is 167 Å². The van der Waals surface area contributed by atoms with E-state index in [0.717, 1.165) is 23.4 Å². The molecular weight excluding hydrogens is 470 g/mol. The fourth-order valence-electron chi connectivity index (χ4n) is 2.48. The van der Waals surface area contributed by atoms with E-state index in [0.29, 0.717) is 9.99 Å². The first-order chi connectivity index (χ1) is 12.8. The summed E-state index contributed by atoms with van der Waals surface area (Å²) in [5, 5.41) is 6.82. The molecule has 0 aliphatic rings. The summed E-state index contributed by atoms with van der Waals surface area (Å²) in [6.07, 6.45) is -0.359. The van der Waals surface area contributed by atoms with Gasteiger partial charge in [-0.3, -0.25) is 4.79 Å². The molecule has 27 heavy (non-hydrogen) atoms. The Morgan fingerprint density at radius 1 is 1.15 bits per heavy atom. The Balaban J connectivity index is 1.62. The number of nitrogens with one attached hydrogen (secondary N) is 1. The number of hydrogen-bond donors (Lipinski definition) is 1. The molecular formula is C19H15F3IN3O. The molecule has 2 aromatic carbocycles. The van der Waals surface area contributed by atoms with E-state index in [2.05, 4.69) is 10.4 Å². The maximum Gasteiger partial charge on any atom is 0.416 e. The zero-order valence-electron chi connectivity index (χ0n) is 14.0. The number of para-hydroxylation sites is 1. The van der Waals surface area contributed by atoms with Crippen LogP contribution >= 0.6 is 22.6 Å². The Bertz CT molecular complexity index is 939. The molecule has 0 unspecified atom stereocenters. The molecule has 3 aromatic rings. The molecule has 1 amide bonds. The highest BCUT2D eigenvalue weighted by Crippen LogP contribution is 2.32. The average Bonchev–Trinajstić information content (AvgIpc) is 3.11. The van der Waals surface area contributed by atoms with Crippen molar-refractivity contribution < 1.29 is 18.0 Å². The molecule has 0 fully saturated rings. The number of aromatic nitrogens is 2. The van der Waals surface area contributed by atoms with Crippen LogP contribution in [0.25, 0.3) is 5.69 Å². The van der Waals surface area contributed by atoms with Crippen LogP contribution in [0.2, 0.25) is 0 Å². The molecule has 1 aromatic heterocycles. The van der Waals surface area contributed by atoms with Gasteiger partial charge in [0.1, 0.15) is 0 Å². The Kier molecular flexibility index (Phi) is 5.83. The number of rotatable bonds is 5. The highest BCUT2D eigenvalue weighted by Gasteiger charge is 2.31. The number of benzene rings is 2. The molecule has 0 aliphatic carbocycles. The van der Waals surface area contributed by atoms with E-state index in [4.69, 9.17) is 0 Å². The topological polar surface area (TPSA) is 46.9 Å². The molecule has 8 heteroatoms. The molecule has 0 spiro atoms. The molecule has 0 aliphatic heterocycles. The first kappa shape index (κ1) is 19.4. The van der Waals surface area contributed by atoms with E-state index < -0.39 is 11.7 Å². The number of halogens is 4. The number of aryl methyl sites for hydroxylation is 1. The largest absolute Gasteiger partial charge is 0.416 e. The van der Waals surface area contributed by atoms with E-state index in [1.165, 1.54) is 6.07 Å². The van der Waals surface area contributed by atoms with Gasteiger partial charge in [-0.15, -0.1) is 0 Å². The second-order valence-corrected chi connectivity index (χ2v) is 7.03. The quantitative estimate of drug-likeness (QED) is 0.514. The molecule has 3 rings (SSSR count). The highest BCUT2D eigenvalue weighted by atomic mass is 127. The maximum atomic E-state index is 12.8. The summed E-state index contributed by atoms with van der Waals surface area (Å²) in [5.74, 6) is -0.347. The van der Waals surface area contributed by atoms with E-state index in [1.54, 1.807) is 10.9 Å². The van der Waals surface area contributed by atoms with Crippen LogP contribution in [0.4, 0.5) is 18.9 Å². The third-order valence-electron chi connectivity index (χ3n) is 3.87. The molecule has 0 atom stereocenters. The van der Waals surface area contributed by atoms with Crippen molar-refractivity contribution in [3.05, 3.63) is 75.6 Å². The van der Waals surface area contributed by atoms with Crippen LogP contribution in [0.15, 0.2) is 60.9 Å². The summed E-state index contributed by atoms with van der Waals surface area (Å²) < 4.78 is 40.7. The number of carbonyl (C=O) groups excluding carboxylic acids is 1. The Hall–Kier alpha value is -2.36. The predicted molar refractivity (Wildman–Crippen MR) is 105 cm³/mol. The summed E-state index contributed by atoms with van der Waals surface area (Å²) in [6.45, 7) is 0. The van der Waals surface area contributed by atoms with Crippen molar-refractivity contribution in [2.75, 3.05) is 5.32 Å². The van der Waals surface area contributed by atoms with Gasteiger partial charge in [0.25, 0.3) is 0 Å². The fourth-order valence-corrected chi connectivity index (χ4v) is 2.95. The van der Waals surface area contributed by atoms with Crippen LogP contribution in [0.3, 0.4) is 0 Å². The van der Waals surface area contributed by atoms with Crippen LogP contribution in [-0.4, -0.2) is 15.7 Å². The predicted octanol–water partition coefficient (Wildman–Crippen LogP) is 5.07. The summed E-state index contributed by atoms with van der Waals surface area (Å²) in [6, 6.07) is 12.8. The minimum atomic E-state index is -4.45. The molecule has 1 N–H and O–H groups in total. The first-order valence-corrected chi connectivity index (χ1v) is 9.16. The Morgan fingerprint density at radius 2 is 1.89 bits per heavy atom. The van der Waals surface area contributed by atoms with Crippen LogP contribution < -0.4 is 5.32 Å². The molecule has 0 saturated heterocycles. The van der Waals surface area contributed by atoms with Gasteiger partial charge in [0, 0.05) is 16.2 Å². The standard InChI is InChI=1S/C19H15F3IN3O/c20-19(21,22)14-7-8-16(23)17(10-14)25-18(27)9-6-13-11-24-26(12-13)15-4-2-1-3-5-15/h1-5,7-8,10-12H,6,9H2,(H,25,27). The van der Waals surface area contributed by atoms with Crippen molar-refractivity contribution >= 4 is 34.2 Å². The third-order valence-corrected chi connectivity index (χ3v) is 4.81. The van der Waals surface area contributed by atoms with E-state index in [9.17, 15) is 18.0 Å². The van der Waals surface area contributed by atoms with Gasteiger partial charge in [-0.2, -0.15) is 18.3 Å². The lowest BCUT2D eigenvalue weighted by atomic mass is 10.1. The van der Waals surface area contributed by atoms with Crippen LogP contribution in [0.5, 0.6) is 0 Å². The average molecular weight is 485 g/mol. The second kappa shape index (κ2) is 8.12. The lowest BCUT2D eigenvalue weighted by Gasteiger charge is -2.11. The SMILES string of the molecule is O=C(CCc1cnn(-c2ccccc2)c1)Nc1cc(C(F)(F)F)ccc1I. The van der Waals surface area contributed by atoms with Gasteiger partial charge in [0.05, 0.1) is 23.1 Å². The van der Waals surface area contributed by atoms with Crippen molar-refractivity contribution in [3.63, 3.8) is 0 Å². The van der Waals surface area contributed by atoms with Crippen molar-refractivity contribution in [1.82, 2.24) is 9.78 Å². The minimum Gasteiger partial charge on any atom is -0.325 e. The van der Waals surface area contributed by atoms with Crippen LogP contribution in [0, 0.1) is 3.57 Å². The van der Waals surface area contributed by atoms with Crippen molar-refractivity contribution in [1.29, 1.82) is 0 Å². The molecule has 140 valence electrons. The van der Waals surface area contributed by atoms with Gasteiger partial charge < -0.3 is 5.32 Å². The highest BCUT2D eigenvalue weighted by molar-refractivity contribution is 14.1. The van der Waals surface area contributed by atoms with E-state index in [1.807, 2.05) is 59.1 Å². The van der Waals surface area contributed by atoms with E-state index >= 15 is 0 Å². The molecule has 4 nitrogen and oxygen atoms in total. The molecule has 0 saturated carbocycles. The smallest absolute Gasteiger partial charge is 0.325 e. The van der Waals surface area contributed by atoms with Gasteiger partial charge in [0.2, 0.25) is 5.91 Å². The Morgan fingerprint density at radius 3 is 2.59 bits per heavy atom. The van der Waals surface area contributed by atoms with Crippen LogP contribution in [0.1, 0.15) is 17.5 Å². The summed E-state index contributed by atoms with van der Waals surface area (Å²) in [7, 11) is 0. The number of amides is 1. The van der Waals surface area contributed by atoms with Gasteiger partial charge in [0.15, 0.2) is 0 Å². The van der Waals surface area contributed by atoms with Gasteiger partial charge in [-0.25, -0.2) is 4.68 Å². The monoisotopic (exact) mass is 485 g/mol. The van der Waals surface area contributed by atoms with Crippen LogP contribution in [-0.2, 0) is 17.4 Å². The zero-order chi connectivity index (χ0) is 19.4. The van der Waals surface area contributed by atoms with Crippen molar-refractivity contribution in [2.45, 2.75) is 19.0 Å². The summed E-state index contributed by atoms with van der Waals surface area (Å²) >= 11 is 1.89. The van der Waals surface area contributed by atoms with Gasteiger partial charge in [-0.05, 0) is 64.9 Å². The number of nitrogens with zero attached hydrogens (tertiary/aromatic N) is 2. The second-order valence-electron chi connectivity index (χ2n) is 5.87. The normalized spacial score (nSPS) is 11.4. The zero-order valence-corrected chi connectivity index (χ0v) is 16.2. The number of hydrogen-bond acceptors (Lipinski definition) is 2. The first-order valence-electron chi connectivity index (χ1n) is 8.08. The van der Waals surface area contributed by atoms with Crippen molar-refractivity contribution in [2.24, 2.45) is 0 Å². The van der Waals surface area contributed by atoms with E-state index in [-0.39, 0.29) is 18.0 Å².